The molecule has 0 radical (unpaired) electrons. The number of aliphatic imine (C=N–C) groups is 1. The Hall–Kier alpha value is -5.04. The van der Waals surface area contributed by atoms with Gasteiger partial charge in [-0.1, -0.05) is 114 Å². The Labute approximate surface area is 380 Å². The van der Waals surface area contributed by atoms with Crippen molar-refractivity contribution >= 4 is 29.7 Å². The van der Waals surface area contributed by atoms with Crippen LogP contribution in [-0.2, 0) is 24.6 Å². The minimum atomic E-state index is -1.64. The predicted octanol–water partition coefficient (Wildman–Crippen LogP) is 5.43. The van der Waals surface area contributed by atoms with Gasteiger partial charge >= 0.3 is 0 Å². The molecular formula is C49H64N5O11+. The predicted molar refractivity (Wildman–Crippen MR) is 245 cm³/mol. The van der Waals surface area contributed by atoms with Crippen LogP contribution >= 0.6 is 0 Å². The highest BCUT2D eigenvalue weighted by Gasteiger charge is 2.64. The largest absolute Gasteiger partial charge is 0.497 e. The number of rotatable bonds is 21. The summed E-state index contributed by atoms with van der Waals surface area (Å²) in [5.41, 5.74) is 0.191. The molecule has 8 atom stereocenters. The van der Waals surface area contributed by atoms with E-state index in [1.54, 1.807) is 28.1 Å². The minimum Gasteiger partial charge on any atom is -0.497 e. The van der Waals surface area contributed by atoms with Gasteiger partial charge < -0.3 is 44.1 Å². The van der Waals surface area contributed by atoms with Crippen molar-refractivity contribution < 1.29 is 48.9 Å². The molecule has 7 rings (SSSR count). The molecule has 1 aromatic heterocycles. The fourth-order valence-corrected chi connectivity index (χ4v) is 9.23. The number of aliphatic hydroxyl groups excluding tert-OH is 4. The minimum absolute atomic E-state index is 0.00595. The molecule has 5 N–H and O–H groups in total. The average Bonchev–Trinajstić information content (AvgIpc) is 4.00. The van der Waals surface area contributed by atoms with E-state index >= 15 is 0 Å². The fourth-order valence-electron chi connectivity index (χ4n) is 9.23. The summed E-state index contributed by atoms with van der Waals surface area (Å²) in [5, 5.41) is 45.5. The first-order valence-corrected chi connectivity index (χ1v) is 22.8. The number of carbonyl (C=O) groups is 1. The number of anilines is 1. The first-order valence-electron chi connectivity index (χ1n) is 22.8. The summed E-state index contributed by atoms with van der Waals surface area (Å²) in [6.07, 6.45) is -0.661. The Morgan fingerprint density at radius 2 is 1.45 bits per heavy atom. The van der Waals surface area contributed by atoms with Gasteiger partial charge in [0.05, 0.1) is 40.0 Å². The molecule has 4 aromatic rings. The van der Waals surface area contributed by atoms with Crippen LogP contribution in [0, 0.1) is 5.92 Å². The van der Waals surface area contributed by atoms with Crippen molar-refractivity contribution in [3.05, 3.63) is 106 Å². The molecule has 0 saturated carbocycles. The smallest absolute Gasteiger partial charge is 0.284 e. The molecule has 2 fully saturated rings. The molecule has 16 nitrogen and oxygen atoms in total. The van der Waals surface area contributed by atoms with E-state index in [1.807, 2.05) is 78.9 Å². The molecule has 350 valence electrons. The summed E-state index contributed by atoms with van der Waals surface area (Å²) in [4.78, 5) is 41.6. The molecule has 3 aliphatic heterocycles. The van der Waals surface area contributed by atoms with Gasteiger partial charge in [-0.2, -0.15) is 14.5 Å². The van der Waals surface area contributed by atoms with E-state index in [0.717, 1.165) is 48.8 Å². The van der Waals surface area contributed by atoms with Gasteiger partial charge in [-0.25, -0.2) is 0 Å². The third-order valence-corrected chi connectivity index (χ3v) is 12.9. The molecule has 3 aromatic carbocycles. The number of aromatic amines is 1. The zero-order valence-electron chi connectivity index (χ0n) is 37.9. The third-order valence-electron chi connectivity index (χ3n) is 12.9. The molecule has 2 saturated heterocycles. The second-order valence-electron chi connectivity index (χ2n) is 17.4. The number of quaternary nitrogens is 1. The highest BCUT2D eigenvalue weighted by Crippen LogP contribution is 2.47. The molecule has 0 aliphatic carbocycles. The van der Waals surface area contributed by atoms with Gasteiger partial charge in [-0.3, -0.25) is 19.5 Å². The van der Waals surface area contributed by atoms with Gasteiger partial charge in [-0.15, -0.1) is 0 Å². The maximum absolute atomic E-state index is 14.0. The topological polar surface area (TPSA) is 205 Å². The van der Waals surface area contributed by atoms with E-state index in [9.17, 15) is 30.0 Å². The van der Waals surface area contributed by atoms with Crippen LogP contribution in [-0.4, -0.2) is 120 Å². The fraction of sp³-hybridized carbons (Fsp3) is 0.510. The summed E-state index contributed by atoms with van der Waals surface area (Å²) in [6.45, 7) is 5.24. The summed E-state index contributed by atoms with van der Waals surface area (Å²) in [7, 11) is 3.18. The number of methoxy groups -OCH3 is 2. The van der Waals surface area contributed by atoms with Crippen molar-refractivity contribution in [2.75, 3.05) is 38.9 Å². The molecule has 0 spiro atoms. The average molecular weight is 899 g/mol. The Balaban J connectivity index is 1.27. The second-order valence-corrected chi connectivity index (χ2v) is 17.4. The lowest BCUT2D eigenvalue weighted by atomic mass is 9.80. The zero-order chi connectivity index (χ0) is 46.3. The van der Waals surface area contributed by atoms with Crippen LogP contribution in [0.3, 0.4) is 0 Å². The molecule has 4 heterocycles. The van der Waals surface area contributed by atoms with E-state index in [1.165, 1.54) is 17.7 Å². The zero-order valence-corrected chi connectivity index (χ0v) is 37.9. The van der Waals surface area contributed by atoms with Crippen molar-refractivity contribution in [1.82, 2.24) is 14.5 Å². The summed E-state index contributed by atoms with van der Waals surface area (Å²) >= 11 is 0. The van der Waals surface area contributed by atoms with E-state index in [2.05, 4.69) is 16.9 Å². The summed E-state index contributed by atoms with van der Waals surface area (Å²) < 4.78 is 30.4. The number of unbranched alkanes of at least 4 members (excludes halogenated alkanes) is 6. The van der Waals surface area contributed by atoms with Crippen molar-refractivity contribution in [1.29, 1.82) is 0 Å². The Bertz CT molecular complexity index is 2230. The van der Waals surface area contributed by atoms with Crippen molar-refractivity contribution in [3.8, 4) is 11.5 Å². The van der Waals surface area contributed by atoms with E-state index < -0.39 is 71.1 Å². The number of carbonyl (C=O) groups excluding carboxylic acids is 1. The van der Waals surface area contributed by atoms with Crippen molar-refractivity contribution in [2.24, 2.45) is 10.9 Å². The van der Waals surface area contributed by atoms with Gasteiger partial charge in [-0.05, 0) is 47.4 Å². The maximum Gasteiger partial charge on any atom is 0.284 e. The number of fused-ring (bicyclic) bond motifs is 1. The van der Waals surface area contributed by atoms with Gasteiger partial charge in [0.15, 0.2) is 6.10 Å². The molecule has 1 unspecified atom stereocenters. The van der Waals surface area contributed by atoms with Gasteiger partial charge in [0.1, 0.15) is 35.4 Å². The molecule has 0 bridgehead atoms. The van der Waals surface area contributed by atoms with Gasteiger partial charge in [0.25, 0.3) is 11.4 Å². The summed E-state index contributed by atoms with van der Waals surface area (Å²) in [6, 6.07) is 24.5. The highest BCUT2D eigenvalue weighted by atomic mass is 16.6. The monoisotopic (exact) mass is 898 g/mol. The lowest BCUT2D eigenvalue weighted by molar-refractivity contribution is -0.141. The molecule has 65 heavy (non-hydrogen) atoms. The van der Waals surface area contributed by atoms with Crippen LogP contribution in [0.25, 0.3) is 0 Å². The number of amides is 1. The molecule has 16 heteroatoms. The number of ether oxygens (including phenoxy) is 5. The Morgan fingerprint density at radius 3 is 2.02 bits per heavy atom. The Morgan fingerprint density at radius 1 is 0.846 bits per heavy atom. The quantitative estimate of drug-likeness (QED) is 0.0404. The first kappa shape index (κ1) is 47.9. The standard InChI is InChI=1S/C49H63N5O11/c1-6-7-8-9-10-11-15-26-53(46(60)31(2)3)48-51-44-41(45(59)52-48)50-30-54(44,40-27-37(56)38(28-55)64-40)47-43(58)42(57)39(65-47)29-63-49(32-16-13-12-14-17-32,33-18-22-35(61-4)23-19-33)34-20-24-36(62-5)25-21-34/h12-14,16-25,30-31,37-40,42-43,47,55-58H,6-11,15,26-29H2,1-5H3/p+1/t37-,38+,39+,40-,42+,43+,47+,54?/m0/s1. The lowest BCUT2D eigenvalue weighted by Gasteiger charge is -2.40. The molecule has 1 amide bonds. The number of aliphatic hydroxyl groups is 4. The summed E-state index contributed by atoms with van der Waals surface area (Å²) in [5.74, 6) is 0.587. The second kappa shape index (κ2) is 21.1. The third kappa shape index (κ3) is 9.49. The van der Waals surface area contributed by atoms with Crippen LogP contribution in [0.15, 0.2) is 88.6 Å². The van der Waals surface area contributed by atoms with Crippen LogP contribution < -0.4 is 24.4 Å². The normalized spacial score (nSPS) is 25.0. The van der Waals surface area contributed by atoms with Crippen LogP contribution in [0.2, 0.25) is 0 Å². The number of nitrogens with one attached hydrogen (secondary N) is 1. The number of hydrogen-bond acceptors (Lipinski definition) is 13. The number of H-pyrrole nitrogens is 1. The van der Waals surface area contributed by atoms with E-state index in [0.29, 0.717) is 24.5 Å². The van der Waals surface area contributed by atoms with Crippen LogP contribution in [0.1, 0.15) is 88.8 Å². The number of hydrogen-bond donors (Lipinski definition) is 5. The number of aromatic nitrogens is 2. The van der Waals surface area contributed by atoms with Crippen LogP contribution in [0.5, 0.6) is 11.5 Å². The Kier molecular flexibility index (Phi) is 15.5. The highest BCUT2D eigenvalue weighted by molar-refractivity contribution is 5.94. The van der Waals surface area contributed by atoms with Crippen molar-refractivity contribution in [3.63, 3.8) is 0 Å². The van der Waals surface area contributed by atoms with Crippen LogP contribution in [0.4, 0.5) is 17.5 Å². The van der Waals surface area contributed by atoms with Gasteiger partial charge in [0, 0.05) is 12.5 Å². The first-order chi connectivity index (χ1) is 31.4. The number of benzene rings is 3. The van der Waals surface area contributed by atoms with Crippen molar-refractivity contribution in [2.45, 2.75) is 121 Å². The van der Waals surface area contributed by atoms with E-state index in [-0.39, 0.29) is 36.4 Å². The molecular weight excluding hydrogens is 835 g/mol. The van der Waals surface area contributed by atoms with Gasteiger partial charge in [0.2, 0.25) is 36.3 Å². The lowest BCUT2D eigenvalue weighted by Crippen LogP contribution is -2.65. The SMILES string of the molecule is CCCCCCCCCN(C(=O)C(C)C)c1nc2c(c(=O)[nH]1)N=C[N+]2([C@@H]1C[C@H](O)[C@@H](CO)O1)[C@@H]1O[C@H](COC(c2ccccc2)(c2ccc(OC)cc2)c2ccc(OC)cc2)[C@@H](O)[C@H]1O. The molecule has 3 aliphatic rings. The number of nitrogens with zero attached hydrogens (tertiary/aromatic N) is 4. The van der Waals surface area contributed by atoms with E-state index in [4.69, 9.17) is 28.7 Å². The maximum atomic E-state index is 14.0.